The van der Waals surface area contributed by atoms with Crippen molar-refractivity contribution in [3.05, 3.63) is 87.2 Å². The summed E-state index contributed by atoms with van der Waals surface area (Å²) in [6.45, 7) is 1.01. The SMILES string of the molecule is CN(Cc1cccc(F)c1)Cc1nc2cc(-c3ccc(Cl)cc3)sc2c(=O)[nH]1. The smallest absolute Gasteiger partial charge is 0.268 e. The van der Waals surface area contributed by atoms with Gasteiger partial charge in [0.2, 0.25) is 0 Å². The average molecular weight is 414 g/mol. The average Bonchev–Trinajstić information content (AvgIpc) is 3.07. The maximum Gasteiger partial charge on any atom is 0.268 e. The second kappa shape index (κ2) is 7.83. The van der Waals surface area contributed by atoms with Crippen LogP contribution in [0.4, 0.5) is 4.39 Å². The van der Waals surface area contributed by atoms with Gasteiger partial charge in [-0.05, 0) is 48.5 Å². The molecule has 0 unspecified atom stereocenters. The van der Waals surface area contributed by atoms with E-state index in [1.807, 2.05) is 48.3 Å². The summed E-state index contributed by atoms with van der Waals surface area (Å²) in [7, 11) is 1.90. The molecule has 142 valence electrons. The number of benzene rings is 2. The minimum atomic E-state index is -0.258. The van der Waals surface area contributed by atoms with Crippen LogP contribution < -0.4 is 5.56 Å². The van der Waals surface area contributed by atoms with Crippen LogP contribution in [0.5, 0.6) is 0 Å². The Labute approximate surface area is 170 Å². The van der Waals surface area contributed by atoms with E-state index in [1.165, 1.54) is 23.5 Å². The van der Waals surface area contributed by atoms with Crippen LogP contribution in [0.1, 0.15) is 11.4 Å². The van der Waals surface area contributed by atoms with Gasteiger partial charge in [-0.15, -0.1) is 11.3 Å². The third-order valence-corrected chi connectivity index (χ3v) is 5.75. The molecule has 0 fully saturated rings. The molecule has 0 saturated carbocycles. The normalized spacial score (nSPS) is 11.4. The topological polar surface area (TPSA) is 49.0 Å². The Morgan fingerprint density at radius 2 is 1.93 bits per heavy atom. The number of rotatable bonds is 5. The molecule has 4 nitrogen and oxygen atoms in total. The van der Waals surface area contributed by atoms with Crippen molar-refractivity contribution in [3.63, 3.8) is 0 Å². The van der Waals surface area contributed by atoms with Gasteiger partial charge in [-0.3, -0.25) is 9.69 Å². The first-order chi connectivity index (χ1) is 13.5. The zero-order valence-electron chi connectivity index (χ0n) is 15.1. The zero-order chi connectivity index (χ0) is 19.7. The molecule has 0 spiro atoms. The Bertz CT molecular complexity index is 1190. The van der Waals surface area contributed by atoms with Crippen LogP contribution in [0.3, 0.4) is 0 Å². The molecular formula is C21H17ClFN3OS. The van der Waals surface area contributed by atoms with Crippen molar-refractivity contribution in [3.8, 4) is 10.4 Å². The molecule has 0 atom stereocenters. The summed E-state index contributed by atoms with van der Waals surface area (Å²) >= 11 is 7.36. The number of H-pyrrole nitrogens is 1. The molecule has 0 aliphatic rings. The number of hydrogen-bond acceptors (Lipinski definition) is 4. The Balaban J connectivity index is 1.58. The molecule has 0 bridgehead atoms. The van der Waals surface area contributed by atoms with Crippen LogP contribution in [0.15, 0.2) is 59.4 Å². The van der Waals surface area contributed by atoms with Gasteiger partial charge in [0.1, 0.15) is 16.3 Å². The van der Waals surface area contributed by atoms with Crippen molar-refractivity contribution in [1.29, 1.82) is 0 Å². The van der Waals surface area contributed by atoms with E-state index in [4.69, 9.17) is 11.6 Å². The summed E-state index contributed by atoms with van der Waals surface area (Å²) in [5.41, 5.74) is 2.39. The second-order valence-electron chi connectivity index (χ2n) is 6.65. The Hall–Kier alpha value is -2.54. The molecule has 7 heteroatoms. The third-order valence-electron chi connectivity index (χ3n) is 4.32. The summed E-state index contributed by atoms with van der Waals surface area (Å²) in [5, 5.41) is 0.671. The minimum Gasteiger partial charge on any atom is -0.308 e. The molecule has 2 aromatic heterocycles. The number of fused-ring (bicyclic) bond motifs is 1. The predicted molar refractivity (Wildman–Crippen MR) is 112 cm³/mol. The van der Waals surface area contributed by atoms with E-state index in [0.29, 0.717) is 34.2 Å². The maximum absolute atomic E-state index is 13.4. The summed E-state index contributed by atoms with van der Waals surface area (Å²) in [4.78, 5) is 22.9. The molecule has 4 rings (SSSR count). The molecule has 2 aromatic carbocycles. The van der Waals surface area contributed by atoms with E-state index < -0.39 is 0 Å². The molecule has 2 heterocycles. The molecule has 0 amide bonds. The van der Waals surface area contributed by atoms with Crippen LogP contribution in [0.2, 0.25) is 5.02 Å². The van der Waals surface area contributed by atoms with Crippen LogP contribution in [-0.2, 0) is 13.1 Å². The highest BCUT2D eigenvalue weighted by Gasteiger charge is 2.12. The molecule has 0 radical (unpaired) electrons. The summed E-state index contributed by atoms with van der Waals surface area (Å²) in [6.07, 6.45) is 0. The highest BCUT2D eigenvalue weighted by molar-refractivity contribution is 7.22. The van der Waals surface area contributed by atoms with Gasteiger partial charge < -0.3 is 4.98 Å². The quantitative estimate of drug-likeness (QED) is 0.496. The van der Waals surface area contributed by atoms with Gasteiger partial charge in [0.05, 0.1) is 12.1 Å². The minimum absolute atomic E-state index is 0.149. The highest BCUT2D eigenvalue weighted by Crippen LogP contribution is 2.31. The molecule has 1 N–H and O–H groups in total. The first-order valence-corrected chi connectivity index (χ1v) is 9.89. The highest BCUT2D eigenvalue weighted by atomic mass is 35.5. The first kappa shape index (κ1) is 18.8. The number of nitrogens with zero attached hydrogens (tertiary/aromatic N) is 2. The molecular weight excluding hydrogens is 397 g/mol. The number of thiophene rings is 1. The fourth-order valence-electron chi connectivity index (χ4n) is 3.08. The summed E-state index contributed by atoms with van der Waals surface area (Å²) in [5.74, 6) is 0.323. The zero-order valence-corrected chi connectivity index (χ0v) is 16.6. The van der Waals surface area contributed by atoms with Gasteiger partial charge in [0.15, 0.2) is 0 Å². The monoisotopic (exact) mass is 413 g/mol. The Kier molecular flexibility index (Phi) is 5.26. The fourth-order valence-corrected chi connectivity index (χ4v) is 4.20. The molecule has 0 aliphatic heterocycles. The van der Waals surface area contributed by atoms with E-state index in [2.05, 4.69) is 9.97 Å². The third kappa shape index (κ3) is 4.14. The van der Waals surface area contributed by atoms with Gasteiger partial charge in [-0.25, -0.2) is 9.37 Å². The lowest BCUT2D eigenvalue weighted by Crippen LogP contribution is -2.21. The van der Waals surface area contributed by atoms with Crippen molar-refractivity contribution in [2.75, 3.05) is 7.05 Å². The second-order valence-corrected chi connectivity index (χ2v) is 8.14. The largest absolute Gasteiger partial charge is 0.308 e. The van der Waals surface area contributed by atoms with Crippen molar-refractivity contribution in [2.24, 2.45) is 0 Å². The number of halogens is 2. The lowest BCUT2D eigenvalue weighted by Gasteiger charge is -2.16. The van der Waals surface area contributed by atoms with E-state index in [9.17, 15) is 9.18 Å². The summed E-state index contributed by atoms with van der Waals surface area (Å²) < 4.78 is 14.0. The standard InChI is InChI=1S/C21H17ClFN3OS/c1-26(11-13-3-2-4-16(23)9-13)12-19-24-17-10-18(28-20(17)21(27)25-19)14-5-7-15(22)8-6-14/h2-10H,11-12H2,1H3,(H,24,25,27). The molecule has 28 heavy (non-hydrogen) atoms. The van der Waals surface area contributed by atoms with Gasteiger partial charge in [0.25, 0.3) is 5.56 Å². The van der Waals surface area contributed by atoms with Crippen molar-refractivity contribution in [2.45, 2.75) is 13.1 Å². The molecule has 0 saturated heterocycles. The number of aromatic nitrogens is 2. The molecule has 4 aromatic rings. The predicted octanol–water partition coefficient (Wildman–Crippen LogP) is 5.08. The Morgan fingerprint density at radius 3 is 2.68 bits per heavy atom. The van der Waals surface area contributed by atoms with Gasteiger partial charge in [0, 0.05) is 16.4 Å². The van der Waals surface area contributed by atoms with Gasteiger partial charge >= 0.3 is 0 Å². The van der Waals surface area contributed by atoms with Gasteiger partial charge in [-0.2, -0.15) is 0 Å². The van der Waals surface area contributed by atoms with E-state index in [-0.39, 0.29) is 11.4 Å². The van der Waals surface area contributed by atoms with Crippen LogP contribution >= 0.6 is 22.9 Å². The molecule has 0 aliphatic carbocycles. The van der Waals surface area contributed by atoms with E-state index in [0.717, 1.165) is 16.0 Å². The number of aromatic amines is 1. The first-order valence-electron chi connectivity index (χ1n) is 8.69. The number of nitrogens with one attached hydrogen (secondary N) is 1. The van der Waals surface area contributed by atoms with Gasteiger partial charge in [-0.1, -0.05) is 35.9 Å². The summed E-state index contributed by atoms with van der Waals surface area (Å²) in [6, 6.07) is 15.9. The lowest BCUT2D eigenvalue weighted by molar-refractivity contribution is 0.310. The van der Waals surface area contributed by atoms with Crippen LogP contribution in [0.25, 0.3) is 20.7 Å². The lowest BCUT2D eigenvalue weighted by atomic mass is 10.2. The van der Waals surface area contributed by atoms with Crippen LogP contribution in [0, 0.1) is 5.82 Å². The van der Waals surface area contributed by atoms with Crippen molar-refractivity contribution >= 4 is 33.2 Å². The van der Waals surface area contributed by atoms with Crippen molar-refractivity contribution < 1.29 is 4.39 Å². The van der Waals surface area contributed by atoms with E-state index in [1.54, 1.807) is 6.07 Å². The fraction of sp³-hybridized carbons (Fsp3) is 0.143. The van der Waals surface area contributed by atoms with E-state index >= 15 is 0 Å². The number of hydrogen-bond donors (Lipinski definition) is 1. The maximum atomic E-state index is 13.4. The Morgan fingerprint density at radius 1 is 1.14 bits per heavy atom. The van der Waals surface area contributed by atoms with Crippen molar-refractivity contribution in [1.82, 2.24) is 14.9 Å². The van der Waals surface area contributed by atoms with Crippen LogP contribution in [-0.4, -0.2) is 21.9 Å².